The summed E-state index contributed by atoms with van der Waals surface area (Å²) in [7, 11) is 3.32. The normalized spacial score (nSPS) is 11.8. The molecule has 0 unspecified atom stereocenters. The van der Waals surface area contributed by atoms with E-state index in [0.717, 1.165) is 0 Å². The minimum atomic E-state index is -0.567. The van der Waals surface area contributed by atoms with E-state index >= 15 is 0 Å². The maximum absolute atomic E-state index is 6.11. The monoisotopic (exact) mass is 639 g/mol. The fraction of sp³-hybridized carbons (Fsp3) is 0.514. The molecule has 0 radical (unpaired) electrons. The van der Waals surface area contributed by atoms with Crippen LogP contribution >= 0.6 is 0 Å². The van der Waals surface area contributed by atoms with Crippen molar-refractivity contribution in [2.24, 2.45) is 0 Å². The number of nitrogens with zero attached hydrogens (tertiary/aromatic N) is 1. The first-order valence-corrected chi connectivity index (χ1v) is 16.2. The predicted molar refractivity (Wildman–Crippen MR) is 179 cm³/mol. The predicted octanol–water partition coefficient (Wildman–Crippen LogP) is 4.67. The summed E-state index contributed by atoms with van der Waals surface area (Å²) in [6.45, 7) is 8.89. The maximum atomic E-state index is 6.11. The molecule has 0 spiro atoms. The molecule has 0 amide bonds. The molecule has 0 fully saturated rings. The molecule has 3 aromatic carbocycles. The largest absolute Gasteiger partial charge is 0.382 e. The number of benzene rings is 3. The fourth-order valence-electron chi connectivity index (χ4n) is 5.25. The third-order valence-corrected chi connectivity index (χ3v) is 7.41. The minimum Gasteiger partial charge on any atom is -0.382 e. The van der Waals surface area contributed by atoms with E-state index in [1.807, 2.05) is 0 Å². The molecule has 0 saturated heterocycles. The first-order chi connectivity index (χ1) is 22.8. The summed E-state index contributed by atoms with van der Waals surface area (Å²) in [5.74, 6) is 0. The highest BCUT2D eigenvalue weighted by molar-refractivity contribution is 5.49. The van der Waals surface area contributed by atoms with Crippen LogP contribution in [-0.4, -0.2) is 125 Å². The van der Waals surface area contributed by atoms with Crippen molar-refractivity contribution in [2.45, 2.75) is 5.54 Å². The van der Waals surface area contributed by atoms with E-state index in [9.17, 15) is 0 Å². The SMILES string of the molecule is COCCOCCOCCOCCN(CCOCCOCCOCCOC)C(c1ccccc1)(c1ccccc1)c1ccccc1. The van der Waals surface area contributed by atoms with Crippen molar-refractivity contribution in [3.05, 3.63) is 108 Å². The molecule has 0 aliphatic carbocycles. The molecule has 0 saturated carbocycles. The van der Waals surface area contributed by atoms with E-state index < -0.39 is 5.54 Å². The van der Waals surface area contributed by atoms with Gasteiger partial charge in [-0.3, -0.25) is 4.90 Å². The lowest BCUT2D eigenvalue weighted by Crippen LogP contribution is -2.51. The molecular formula is C37H53NO8. The molecule has 0 atom stereocenters. The number of hydrogen-bond donors (Lipinski definition) is 0. The third-order valence-electron chi connectivity index (χ3n) is 7.41. The molecule has 9 nitrogen and oxygen atoms in total. The number of rotatable bonds is 28. The van der Waals surface area contributed by atoms with Crippen molar-refractivity contribution < 1.29 is 37.9 Å². The van der Waals surface area contributed by atoms with Gasteiger partial charge in [-0.15, -0.1) is 0 Å². The lowest BCUT2D eigenvalue weighted by Gasteiger charge is -2.45. The zero-order valence-electron chi connectivity index (χ0n) is 27.7. The second-order valence-corrected chi connectivity index (χ2v) is 10.5. The van der Waals surface area contributed by atoms with Gasteiger partial charge >= 0.3 is 0 Å². The van der Waals surface area contributed by atoms with E-state index in [2.05, 4.69) is 95.9 Å². The van der Waals surface area contributed by atoms with Crippen LogP contribution in [0.15, 0.2) is 91.0 Å². The standard InChI is InChI=1S/C37H53NO8/c1-39-22-24-43-30-32-45-28-26-41-20-18-38(19-21-42-27-29-46-33-31-44-25-23-40-2)37(34-12-6-3-7-13-34,35-14-8-4-9-15-35)36-16-10-5-11-17-36/h3-17H,18-33H2,1-2H3. The van der Waals surface area contributed by atoms with Crippen molar-refractivity contribution in [1.29, 1.82) is 0 Å². The minimum absolute atomic E-state index is 0.504. The van der Waals surface area contributed by atoms with Gasteiger partial charge in [0.05, 0.1) is 98.0 Å². The van der Waals surface area contributed by atoms with Gasteiger partial charge in [-0.2, -0.15) is 0 Å². The van der Waals surface area contributed by atoms with Crippen LogP contribution in [0.25, 0.3) is 0 Å². The Morgan fingerprint density at radius 1 is 0.370 bits per heavy atom. The van der Waals surface area contributed by atoms with Gasteiger partial charge in [0.2, 0.25) is 0 Å². The number of methoxy groups -OCH3 is 2. The second kappa shape index (κ2) is 24.5. The Bertz CT molecular complexity index is 983. The van der Waals surface area contributed by atoms with Crippen molar-refractivity contribution in [2.75, 3.05) is 120 Å². The zero-order valence-corrected chi connectivity index (χ0v) is 27.7. The van der Waals surface area contributed by atoms with Crippen LogP contribution in [0.2, 0.25) is 0 Å². The zero-order chi connectivity index (χ0) is 32.4. The molecule has 3 rings (SSSR count). The van der Waals surface area contributed by atoms with Gasteiger partial charge in [-0.25, -0.2) is 0 Å². The lowest BCUT2D eigenvalue weighted by molar-refractivity contribution is -0.0114. The maximum Gasteiger partial charge on any atom is 0.0974 e. The fourth-order valence-corrected chi connectivity index (χ4v) is 5.25. The Kier molecular flexibility index (Phi) is 20.1. The van der Waals surface area contributed by atoms with Crippen LogP contribution in [0, 0.1) is 0 Å². The summed E-state index contributed by atoms with van der Waals surface area (Å²) in [6, 6.07) is 32.1. The highest BCUT2D eigenvalue weighted by Gasteiger charge is 2.41. The van der Waals surface area contributed by atoms with E-state index in [1.165, 1.54) is 16.7 Å². The number of hydrogen-bond acceptors (Lipinski definition) is 9. The first kappa shape index (κ1) is 37.8. The van der Waals surface area contributed by atoms with Crippen LogP contribution in [0.3, 0.4) is 0 Å². The van der Waals surface area contributed by atoms with Crippen molar-refractivity contribution in [3.8, 4) is 0 Å². The van der Waals surface area contributed by atoms with Crippen molar-refractivity contribution in [1.82, 2.24) is 4.90 Å². The summed E-state index contributed by atoms with van der Waals surface area (Å²) in [4.78, 5) is 2.47. The lowest BCUT2D eigenvalue weighted by atomic mass is 9.75. The van der Waals surface area contributed by atoms with E-state index in [0.29, 0.717) is 106 Å². The highest BCUT2D eigenvalue weighted by Crippen LogP contribution is 2.42. The topological polar surface area (TPSA) is 77.1 Å². The molecule has 0 bridgehead atoms. The molecule has 9 heteroatoms. The Balaban J connectivity index is 1.68. The van der Waals surface area contributed by atoms with Crippen LogP contribution in [-0.2, 0) is 43.4 Å². The first-order valence-electron chi connectivity index (χ1n) is 16.2. The van der Waals surface area contributed by atoms with E-state index in [-0.39, 0.29) is 0 Å². The van der Waals surface area contributed by atoms with Gasteiger partial charge in [0.1, 0.15) is 0 Å². The summed E-state index contributed by atoms with van der Waals surface area (Å²) >= 11 is 0. The summed E-state index contributed by atoms with van der Waals surface area (Å²) < 4.78 is 44.5. The van der Waals surface area contributed by atoms with Crippen LogP contribution < -0.4 is 0 Å². The Morgan fingerprint density at radius 3 is 0.913 bits per heavy atom. The molecule has 3 aromatic rings. The smallest absolute Gasteiger partial charge is 0.0974 e. The summed E-state index contributed by atoms with van der Waals surface area (Å²) in [5, 5.41) is 0. The van der Waals surface area contributed by atoms with Gasteiger partial charge in [0, 0.05) is 27.3 Å². The van der Waals surface area contributed by atoms with Gasteiger partial charge in [0.25, 0.3) is 0 Å². The Morgan fingerprint density at radius 2 is 0.630 bits per heavy atom. The van der Waals surface area contributed by atoms with Gasteiger partial charge in [0.15, 0.2) is 0 Å². The van der Waals surface area contributed by atoms with E-state index in [1.54, 1.807) is 14.2 Å². The van der Waals surface area contributed by atoms with Gasteiger partial charge in [-0.05, 0) is 16.7 Å². The Hall–Kier alpha value is -2.70. The van der Waals surface area contributed by atoms with Gasteiger partial charge < -0.3 is 37.9 Å². The molecule has 0 heterocycles. The van der Waals surface area contributed by atoms with Crippen molar-refractivity contribution >= 4 is 0 Å². The molecule has 0 aromatic heterocycles. The van der Waals surface area contributed by atoms with E-state index in [4.69, 9.17) is 37.9 Å². The molecule has 0 N–H and O–H groups in total. The molecule has 46 heavy (non-hydrogen) atoms. The third kappa shape index (κ3) is 13.2. The second-order valence-electron chi connectivity index (χ2n) is 10.5. The Labute approximate surface area is 275 Å². The molecule has 0 aliphatic rings. The number of ether oxygens (including phenoxy) is 8. The highest BCUT2D eigenvalue weighted by atomic mass is 16.6. The summed E-state index contributed by atoms with van der Waals surface area (Å²) in [5.41, 5.74) is 2.98. The molecule has 0 aliphatic heterocycles. The average Bonchev–Trinajstić information content (AvgIpc) is 3.11. The van der Waals surface area contributed by atoms with Crippen LogP contribution in [0.1, 0.15) is 16.7 Å². The van der Waals surface area contributed by atoms with Gasteiger partial charge in [-0.1, -0.05) is 91.0 Å². The van der Waals surface area contributed by atoms with Crippen LogP contribution in [0.4, 0.5) is 0 Å². The molecular weight excluding hydrogens is 586 g/mol. The van der Waals surface area contributed by atoms with Crippen molar-refractivity contribution in [3.63, 3.8) is 0 Å². The summed E-state index contributed by atoms with van der Waals surface area (Å²) in [6.07, 6.45) is 0. The average molecular weight is 640 g/mol. The molecule has 254 valence electrons. The van der Waals surface area contributed by atoms with Crippen LogP contribution in [0.5, 0.6) is 0 Å². The quantitative estimate of drug-likeness (QED) is 0.0832.